The standard InChI is InChI=1S/C49H60N2O8/c1-35-7-13-42-43-14-10-38(46-15-8-36(2)33-50-46)31-45(43)49(44(42)29-35,40-11-9-39(37(3)30-40)34-58-26-25-56-22-21-54-18-17-52)41-12-16-48(47(32-41)51(4)5)59-28-27-57-24-23-55-20-19-53-6/h7-16,29-33,52H,17-28,34H2,1-6H3. The number of anilines is 1. The molecule has 1 N–H and O–H groups in total. The zero-order valence-corrected chi connectivity index (χ0v) is 35.6. The van der Waals surface area contributed by atoms with E-state index in [9.17, 15) is 0 Å². The number of ether oxygens (including phenoxy) is 7. The second-order valence-corrected chi connectivity index (χ2v) is 15.1. The van der Waals surface area contributed by atoms with Crippen LogP contribution in [-0.4, -0.2) is 111 Å². The van der Waals surface area contributed by atoms with Crippen LogP contribution in [0.3, 0.4) is 0 Å². The Bertz CT molecular complexity index is 2100. The first-order chi connectivity index (χ1) is 28.8. The van der Waals surface area contributed by atoms with E-state index < -0.39 is 5.41 Å². The summed E-state index contributed by atoms with van der Waals surface area (Å²) >= 11 is 0. The highest BCUT2D eigenvalue weighted by molar-refractivity contribution is 5.89. The monoisotopic (exact) mass is 804 g/mol. The summed E-state index contributed by atoms with van der Waals surface area (Å²) in [6.45, 7) is 12.0. The second kappa shape index (κ2) is 21.6. The molecule has 0 amide bonds. The van der Waals surface area contributed by atoms with Crippen molar-refractivity contribution in [3.8, 4) is 28.1 Å². The molecular formula is C49H60N2O8. The van der Waals surface area contributed by atoms with Crippen LogP contribution in [0.2, 0.25) is 0 Å². The lowest BCUT2D eigenvalue weighted by Gasteiger charge is -2.35. The summed E-state index contributed by atoms with van der Waals surface area (Å²) in [5.41, 5.74) is 14.1. The Kier molecular flexibility index (Phi) is 16.0. The summed E-state index contributed by atoms with van der Waals surface area (Å²) in [4.78, 5) is 6.97. The van der Waals surface area contributed by atoms with Crippen LogP contribution in [-0.2, 0) is 40.4 Å². The van der Waals surface area contributed by atoms with E-state index in [0.717, 1.165) is 44.9 Å². The highest BCUT2D eigenvalue weighted by atomic mass is 16.6. The molecule has 314 valence electrons. The number of methoxy groups -OCH3 is 1. The summed E-state index contributed by atoms with van der Waals surface area (Å²) in [6, 6.07) is 31.3. The summed E-state index contributed by atoms with van der Waals surface area (Å²) in [7, 11) is 5.78. The Morgan fingerprint density at radius 2 is 1.20 bits per heavy atom. The van der Waals surface area contributed by atoms with Crippen LogP contribution in [0.5, 0.6) is 5.75 Å². The van der Waals surface area contributed by atoms with Crippen LogP contribution in [0, 0.1) is 20.8 Å². The molecule has 0 saturated heterocycles. The van der Waals surface area contributed by atoms with E-state index in [1.807, 2.05) is 6.20 Å². The molecule has 0 bridgehead atoms. The molecular weight excluding hydrogens is 745 g/mol. The average molecular weight is 805 g/mol. The zero-order valence-electron chi connectivity index (χ0n) is 35.6. The minimum atomic E-state index is -0.664. The number of aliphatic hydroxyl groups is 1. The van der Waals surface area contributed by atoms with Crippen molar-refractivity contribution in [1.29, 1.82) is 0 Å². The van der Waals surface area contributed by atoms with Gasteiger partial charge in [0.15, 0.2) is 0 Å². The molecule has 4 aromatic carbocycles. The van der Waals surface area contributed by atoms with Crippen molar-refractivity contribution in [2.75, 3.05) is 105 Å². The molecule has 10 nitrogen and oxygen atoms in total. The Balaban J connectivity index is 1.37. The number of aliphatic hydroxyl groups excluding tert-OH is 1. The summed E-state index contributed by atoms with van der Waals surface area (Å²) < 4.78 is 39.8. The minimum absolute atomic E-state index is 0.00952. The van der Waals surface area contributed by atoms with E-state index in [2.05, 4.69) is 125 Å². The molecule has 1 atom stereocenters. The molecule has 5 aromatic rings. The van der Waals surface area contributed by atoms with Gasteiger partial charge in [0.2, 0.25) is 0 Å². The van der Waals surface area contributed by atoms with Crippen LogP contribution in [0.4, 0.5) is 5.69 Å². The molecule has 0 aliphatic heterocycles. The van der Waals surface area contributed by atoms with E-state index in [1.165, 1.54) is 33.4 Å². The molecule has 59 heavy (non-hydrogen) atoms. The number of aromatic nitrogens is 1. The fourth-order valence-corrected chi connectivity index (χ4v) is 7.70. The van der Waals surface area contributed by atoms with Crippen LogP contribution in [0.15, 0.2) is 91.1 Å². The maximum absolute atomic E-state index is 8.88. The van der Waals surface area contributed by atoms with Crippen molar-refractivity contribution in [1.82, 2.24) is 4.98 Å². The second-order valence-electron chi connectivity index (χ2n) is 15.1. The van der Waals surface area contributed by atoms with Gasteiger partial charge in [-0.15, -0.1) is 0 Å². The fourth-order valence-electron chi connectivity index (χ4n) is 7.70. The number of fused-ring (bicyclic) bond motifs is 3. The van der Waals surface area contributed by atoms with Gasteiger partial charge in [-0.1, -0.05) is 66.2 Å². The van der Waals surface area contributed by atoms with Crippen molar-refractivity contribution in [3.63, 3.8) is 0 Å². The van der Waals surface area contributed by atoms with E-state index in [0.29, 0.717) is 79.3 Å². The van der Waals surface area contributed by atoms with Crippen molar-refractivity contribution < 1.29 is 38.3 Å². The van der Waals surface area contributed by atoms with Gasteiger partial charge < -0.3 is 43.2 Å². The highest BCUT2D eigenvalue weighted by Crippen LogP contribution is 2.58. The van der Waals surface area contributed by atoms with E-state index >= 15 is 0 Å². The molecule has 0 fully saturated rings. The molecule has 0 saturated carbocycles. The van der Waals surface area contributed by atoms with Crippen LogP contribution in [0.1, 0.15) is 44.5 Å². The smallest absolute Gasteiger partial charge is 0.142 e. The van der Waals surface area contributed by atoms with Gasteiger partial charge in [-0.25, -0.2) is 0 Å². The number of hydrogen-bond donors (Lipinski definition) is 1. The van der Waals surface area contributed by atoms with Crippen LogP contribution >= 0.6 is 0 Å². The van der Waals surface area contributed by atoms with Crippen molar-refractivity contribution in [3.05, 3.63) is 136 Å². The molecule has 0 spiro atoms. The quantitative estimate of drug-likeness (QED) is 0.0613. The third kappa shape index (κ3) is 10.6. The zero-order chi connectivity index (χ0) is 41.6. The van der Waals surface area contributed by atoms with Crippen LogP contribution in [0.25, 0.3) is 22.4 Å². The Hall–Kier alpha value is -4.65. The summed E-state index contributed by atoms with van der Waals surface area (Å²) in [5, 5.41) is 8.88. The lowest BCUT2D eigenvalue weighted by atomic mass is 9.66. The van der Waals surface area contributed by atoms with Gasteiger partial charge in [-0.2, -0.15) is 0 Å². The topological polar surface area (TPSA) is 101 Å². The first-order valence-corrected chi connectivity index (χ1v) is 20.5. The Labute approximate surface area is 350 Å². The number of hydrogen-bond acceptors (Lipinski definition) is 10. The van der Waals surface area contributed by atoms with Crippen LogP contribution < -0.4 is 9.64 Å². The van der Waals surface area contributed by atoms with E-state index in [1.54, 1.807) is 7.11 Å². The maximum Gasteiger partial charge on any atom is 0.142 e. The van der Waals surface area contributed by atoms with Gasteiger partial charge in [-0.05, 0) is 95.1 Å². The molecule has 1 unspecified atom stereocenters. The maximum atomic E-state index is 8.88. The minimum Gasteiger partial charge on any atom is -0.489 e. The van der Waals surface area contributed by atoms with Gasteiger partial charge in [0.1, 0.15) is 12.4 Å². The lowest BCUT2D eigenvalue weighted by Crippen LogP contribution is -2.29. The fraction of sp³-hybridized carbons (Fsp3) is 0.408. The van der Waals surface area contributed by atoms with Crippen molar-refractivity contribution in [2.45, 2.75) is 32.8 Å². The molecule has 10 heteroatoms. The molecule has 1 aromatic heterocycles. The normalized spacial score (nSPS) is 14.4. The van der Waals surface area contributed by atoms with E-state index in [-0.39, 0.29) is 6.61 Å². The number of pyridine rings is 1. The third-order valence-corrected chi connectivity index (χ3v) is 10.7. The Morgan fingerprint density at radius 1 is 0.593 bits per heavy atom. The van der Waals surface area contributed by atoms with Crippen molar-refractivity contribution >= 4 is 5.69 Å². The van der Waals surface area contributed by atoms with Gasteiger partial charge in [0.25, 0.3) is 0 Å². The molecule has 1 heterocycles. The van der Waals surface area contributed by atoms with Gasteiger partial charge in [-0.3, -0.25) is 4.98 Å². The average Bonchev–Trinajstić information content (AvgIpc) is 3.52. The Morgan fingerprint density at radius 3 is 1.86 bits per heavy atom. The first kappa shape index (κ1) is 43.9. The number of aryl methyl sites for hydroxylation is 3. The molecule has 1 aliphatic rings. The molecule has 6 rings (SSSR count). The largest absolute Gasteiger partial charge is 0.489 e. The molecule has 1 aliphatic carbocycles. The first-order valence-electron chi connectivity index (χ1n) is 20.5. The van der Waals surface area contributed by atoms with Gasteiger partial charge >= 0.3 is 0 Å². The third-order valence-electron chi connectivity index (χ3n) is 10.7. The molecule has 0 radical (unpaired) electrons. The number of benzene rings is 4. The van der Waals surface area contributed by atoms with Gasteiger partial charge in [0.05, 0.1) is 96.1 Å². The number of rotatable bonds is 24. The summed E-state index contributed by atoms with van der Waals surface area (Å²) in [5.74, 6) is 0.791. The number of nitrogens with zero attached hydrogens (tertiary/aromatic N) is 2. The predicted molar refractivity (Wildman–Crippen MR) is 233 cm³/mol. The highest BCUT2D eigenvalue weighted by Gasteiger charge is 2.47. The summed E-state index contributed by atoms with van der Waals surface area (Å²) in [6.07, 6.45) is 1.93. The SMILES string of the molecule is COCCOCCOCCOc1ccc(C2(c3ccc(COCCOCCOCCO)c(C)c3)c3cc(C)ccc3-c3ccc(-c4ccc(C)cn4)cc32)cc1N(C)C. The van der Waals surface area contributed by atoms with E-state index in [4.69, 9.17) is 43.2 Å². The van der Waals surface area contributed by atoms with Gasteiger partial charge in [0, 0.05) is 33.0 Å². The van der Waals surface area contributed by atoms with Crippen molar-refractivity contribution in [2.24, 2.45) is 0 Å². The lowest BCUT2D eigenvalue weighted by molar-refractivity contribution is 0.00444. The predicted octanol–water partition coefficient (Wildman–Crippen LogP) is 7.70.